The lowest BCUT2D eigenvalue weighted by atomic mass is 10.1. The van der Waals surface area contributed by atoms with Gasteiger partial charge in [-0.2, -0.15) is 0 Å². The first-order valence-electron chi connectivity index (χ1n) is 9.29. The van der Waals surface area contributed by atoms with E-state index in [4.69, 9.17) is 4.74 Å². The Kier molecular flexibility index (Phi) is 4.79. The van der Waals surface area contributed by atoms with Gasteiger partial charge in [0.2, 0.25) is 10.0 Å². The minimum atomic E-state index is -3.18. The van der Waals surface area contributed by atoms with Crippen molar-refractivity contribution in [1.82, 2.24) is 4.90 Å². The van der Waals surface area contributed by atoms with Crippen LogP contribution in [0, 0.1) is 5.92 Å². The first kappa shape index (κ1) is 17.6. The van der Waals surface area contributed by atoms with Crippen molar-refractivity contribution >= 4 is 27.4 Å². The van der Waals surface area contributed by atoms with E-state index in [0.29, 0.717) is 36.3 Å². The number of anilines is 2. The molecule has 26 heavy (non-hydrogen) atoms. The van der Waals surface area contributed by atoms with Crippen molar-refractivity contribution in [3.63, 3.8) is 0 Å². The first-order valence-corrected chi connectivity index (χ1v) is 10.9. The summed E-state index contributed by atoms with van der Waals surface area (Å²) in [4.78, 5) is 14.6. The van der Waals surface area contributed by atoms with Crippen molar-refractivity contribution < 1.29 is 17.9 Å². The Morgan fingerprint density at radius 2 is 2.00 bits per heavy atom. The summed E-state index contributed by atoms with van der Waals surface area (Å²) in [5, 5.41) is 2.95. The number of rotatable bonds is 5. The van der Waals surface area contributed by atoms with Gasteiger partial charge in [0.1, 0.15) is 0 Å². The Bertz CT molecular complexity index is 755. The molecule has 0 aromatic heterocycles. The first-order chi connectivity index (χ1) is 12.5. The Labute approximate surface area is 154 Å². The molecule has 1 N–H and O–H groups in total. The van der Waals surface area contributed by atoms with E-state index in [2.05, 4.69) is 5.32 Å². The maximum atomic E-state index is 12.7. The number of sulfonamides is 1. The predicted molar refractivity (Wildman–Crippen MR) is 99.9 cm³/mol. The molecule has 8 heteroatoms. The van der Waals surface area contributed by atoms with Crippen LogP contribution >= 0.6 is 0 Å². The SMILES string of the molecule is O=C(Nc1ccc(N2CCCS2(=O)=O)cc1)N(C[C@@H]1CCOC1)C1CC1. The molecule has 1 aliphatic carbocycles. The molecule has 0 bridgehead atoms. The number of carbonyl (C=O) groups is 1. The van der Waals surface area contributed by atoms with Crippen molar-refractivity contribution in [2.45, 2.75) is 31.7 Å². The largest absolute Gasteiger partial charge is 0.381 e. The summed E-state index contributed by atoms with van der Waals surface area (Å²) < 4.78 is 30.9. The molecule has 2 amide bonds. The fourth-order valence-corrected chi connectivity index (χ4v) is 5.19. The van der Waals surface area contributed by atoms with Crippen LogP contribution < -0.4 is 9.62 Å². The predicted octanol–water partition coefficient (Wildman–Crippen LogP) is 2.26. The molecule has 1 saturated carbocycles. The molecule has 1 aromatic carbocycles. The van der Waals surface area contributed by atoms with Crippen molar-refractivity contribution in [2.75, 3.05) is 41.7 Å². The Balaban J connectivity index is 1.40. The van der Waals surface area contributed by atoms with E-state index in [1.54, 1.807) is 24.3 Å². The zero-order chi connectivity index (χ0) is 18.1. The number of hydrogen-bond donors (Lipinski definition) is 1. The third kappa shape index (κ3) is 3.81. The lowest BCUT2D eigenvalue weighted by Crippen LogP contribution is -2.40. The summed E-state index contributed by atoms with van der Waals surface area (Å²) in [6.45, 7) is 2.77. The second-order valence-electron chi connectivity index (χ2n) is 7.33. The topological polar surface area (TPSA) is 79.0 Å². The molecule has 2 saturated heterocycles. The van der Waals surface area contributed by atoms with Gasteiger partial charge in [0.25, 0.3) is 0 Å². The van der Waals surface area contributed by atoms with Crippen LogP contribution in [0.2, 0.25) is 0 Å². The number of urea groups is 1. The summed E-state index contributed by atoms with van der Waals surface area (Å²) in [6.07, 6.45) is 3.79. The number of hydrogen-bond acceptors (Lipinski definition) is 4. The van der Waals surface area contributed by atoms with Gasteiger partial charge < -0.3 is 15.0 Å². The number of carbonyl (C=O) groups excluding carboxylic acids is 1. The average Bonchev–Trinajstić information content (AvgIpc) is 3.20. The Morgan fingerprint density at radius 3 is 2.58 bits per heavy atom. The summed E-state index contributed by atoms with van der Waals surface area (Å²) in [5.41, 5.74) is 1.34. The lowest BCUT2D eigenvalue weighted by Gasteiger charge is -2.25. The van der Waals surface area contributed by atoms with Gasteiger partial charge in [-0.05, 0) is 49.9 Å². The van der Waals surface area contributed by atoms with E-state index in [9.17, 15) is 13.2 Å². The highest BCUT2D eigenvalue weighted by atomic mass is 32.2. The van der Waals surface area contributed by atoms with E-state index >= 15 is 0 Å². The number of nitrogens with zero attached hydrogens (tertiary/aromatic N) is 2. The van der Waals surface area contributed by atoms with Crippen LogP contribution in [0.5, 0.6) is 0 Å². The van der Waals surface area contributed by atoms with Crippen LogP contribution in [0.25, 0.3) is 0 Å². The molecule has 142 valence electrons. The number of nitrogens with one attached hydrogen (secondary N) is 1. The number of benzene rings is 1. The van der Waals surface area contributed by atoms with E-state index in [1.165, 1.54) is 4.31 Å². The minimum absolute atomic E-state index is 0.0825. The highest BCUT2D eigenvalue weighted by Crippen LogP contribution is 2.30. The van der Waals surface area contributed by atoms with Gasteiger partial charge in [-0.15, -0.1) is 0 Å². The Morgan fingerprint density at radius 1 is 1.23 bits per heavy atom. The second-order valence-corrected chi connectivity index (χ2v) is 9.34. The molecular formula is C18H25N3O4S. The second kappa shape index (κ2) is 7.08. The van der Waals surface area contributed by atoms with Crippen LogP contribution in [0.15, 0.2) is 24.3 Å². The Hall–Kier alpha value is -1.80. The van der Waals surface area contributed by atoms with Gasteiger partial charge in [0.05, 0.1) is 18.0 Å². The third-order valence-electron chi connectivity index (χ3n) is 5.23. The fraction of sp³-hybridized carbons (Fsp3) is 0.611. The van der Waals surface area contributed by atoms with Crippen molar-refractivity contribution in [3.8, 4) is 0 Å². The van der Waals surface area contributed by atoms with Crippen molar-refractivity contribution in [2.24, 2.45) is 5.92 Å². The summed E-state index contributed by atoms with van der Waals surface area (Å²) >= 11 is 0. The smallest absolute Gasteiger partial charge is 0.322 e. The molecule has 0 unspecified atom stereocenters. The molecular weight excluding hydrogens is 354 g/mol. The van der Waals surface area contributed by atoms with Gasteiger partial charge in [-0.1, -0.05) is 0 Å². The molecule has 3 aliphatic rings. The van der Waals surface area contributed by atoms with Crippen LogP contribution in [0.1, 0.15) is 25.7 Å². The van der Waals surface area contributed by atoms with Crippen molar-refractivity contribution in [1.29, 1.82) is 0 Å². The summed E-state index contributed by atoms with van der Waals surface area (Å²) in [5.74, 6) is 0.622. The van der Waals surface area contributed by atoms with E-state index in [1.807, 2.05) is 4.90 Å². The quantitative estimate of drug-likeness (QED) is 0.851. The maximum absolute atomic E-state index is 12.7. The van der Waals surface area contributed by atoms with Crippen molar-refractivity contribution in [3.05, 3.63) is 24.3 Å². The molecule has 2 aliphatic heterocycles. The average molecular weight is 379 g/mol. The third-order valence-corrected chi connectivity index (χ3v) is 7.10. The van der Waals surface area contributed by atoms with Gasteiger partial charge in [-0.3, -0.25) is 4.31 Å². The monoisotopic (exact) mass is 379 g/mol. The van der Waals surface area contributed by atoms with E-state index in [-0.39, 0.29) is 11.8 Å². The van der Waals surface area contributed by atoms with Crippen LogP contribution in [-0.2, 0) is 14.8 Å². The van der Waals surface area contributed by atoms with Crippen LogP contribution in [0.4, 0.5) is 16.2 Å². The molecule has 7 nitrogen and oxygen atoms in total. The molecule has 1 atom stereocenters. The summed E-state index contributed by atoms with van der Waals surface area (Å²) in [6, 6.07) is 7.30. The minimum Gasteiger partial charge on any atom is -0.381 e. The highest BCUT2D eigenvalue weighted by Gasteiger charge is 2.35. The zero-order valence-corrected chi connectivity index (χ0v) is 15.6. The van der Waals surface area contributed by atoms with Crippen LogP contribution in [0.3, 0.4) is 0 Å². The van der Waals surface area contributed by atoms with E-state index < -0.39 is 10.0 Å². The van der Waals surface area contributed by atoms with Gasteiger partial charge in [0, 0.05) is 37.3 Å². The fourth-order valence-electron chi connectivity index (χ4n) is 3.63. The zero-order valence-electron chi connectivity index (χ0n) is 14.8. The van der Waals surface area contributed by atoms with Gasteiger partial charge in [-0.25, -0.2) is 13.2 Å². The number of amides is 2. The molecule has 0 spiro atoms. The van der Waals surface area contributed by atoms with Crippen LogP contribution in [-0.4, -0.2) is 57.4 Å². The maximum Gasteiger partial charge on any atom is 0.322 e. The summed E-state index contributed by atoms with van der Waals surface area (Å²) in [7, 11) is -3.18. The molecule has 2 heterocycles. The molecule has 0 radical (unpaired) electrons. The highest BCUT2D eigenvalue weighted by molar-refractivity contribution is 7.93. The molecule has 4 rings (SSSR count). The van der Waals surface area contributed by atoms with Gasteiger partial charge >= 0.3 is 6.03 Å². The number of ether oxygens (including phenoxy) is 1. The van der Waals surface area contributed by atoms with Gasteiger partial charge in [0.15, 0.2) is 0 Å². The molecule has 3 fully saturated rings. The lowest BCUT2D eigenvalue weighted by molar-refractivity contribution is 0.167. The standard InChI is InChI=1S/C18H25N3O4S/c22-18(20(16-6-7-16)12-14-8-10-25-13-14)19-15-2-4-17(5-3-15)21-9-1-11-26(21,23)24/h2-5,14,16H,1,6-13H2,(H,19,22)/t14-/m0/s1. The normalized spacial score (nSPS) is 24.6. The van der Waals surface area contributed by atoms with E-state index in [0.717, 1.165) is 39.0 Å². The molecule has 1 aromatic rings.